The van der Waals surface area contributed by atoms with Gasteiger partial charge in [0.25, 0.3) is 0 Å². The zero-order valence-corrected chi connectivity index (χ0v) is 10.3. The highest BCUT2D eigenvalue weighted by Gasteiger charge is 2.28. The van der Waals surface area contributed by atoms with Gasteiger partial charge in [0.15, 0.2) is 5.84 Å². The third-order valence-corrected chi connectivity index (χ3v) is 3.19. The largest absolute Gasteiger partial charge is 0.409 e. The third kappa shape index (κ3) is 3.21. The van der Waals surface area contributed by atoms with Crippen LogP contribution < -0.4 is 5.73 Å². The van der Waals surface area contributed by atoms with Crippen molar-refractivity contribution in [2.45, 2.75) is 25.4 Å². The van der Waals surface area contributed by atoms with E-state index in [0.29, 0.717) is 18.2 Å². The fourth-order valence-electron chi connectivity index (χ4n) is 2.03. The summed E-state index contributed by atoms with van der Waals surface area (Å²) in [6.07, 6.45) is 2.45. The zero-order chi connectivity index (χ0) is 13.0. The minimum atomic E-state index is 0.121. The van der Waals surface area contributed by atoms with Gasteiger partial charge in [0.05, 0.1) is 6.61 Å². The highest BCUT2D eigenvalue weighted by atomic mass is 16.4. The molecule has 18 heavy (non-hydrogen) atoms. The van der Waals surface area contributed by atoms with Crippen molar-refractivity contribution in [1.82, 2.24) is 4.90 Å². The molecule has 5 nitrogen and oxygen atoms in total. The van der Waals surface area contributed by atoms with Gasteiger partial charge >= 0.3 is 0 Å². The number of amidine groups is 1. The molecule has 1 aliphatic carbocycles. The Labute approximate surface area is 107 Å². The van der Waals surface area contributed by atoms with Gasteiger partial charge in [-0.1, -0.05) is 29.4 Å². The van der Waals surface area contributed by atoms with E-state index in [9.17, 15) is 0 Å². The number of rotatable bonds is 6. The lowest BCUT2D eigenvalue weighted by Crippen LogP contribution is -2.28. The van der Waals surface area contributed by atoms with E-state index in [0.717, 1.165) is 6.54 Å². The molecule has 1 saturated carbocycles. The first kappa shape index (κ1) is 12.9. The van der Waals surface area contributed by atoms with Crippen LogP contribution in [0, 0.1) is 0 Å². The summed E-state index contributed by atoms with van der Waals surface area (Å²) in [6.45, 7) is 1.74. The summed E-state index contributed by atoms with van der Waals surface area (Å²) in [5.74, 6) is 0.121. The van der Waals surface area contributed by atoms with Crippen molar-refractivity contribution in [1.29, 1.82) is 0 Å². The van der Waals surface area contributed by atoms with E-state index in [1.165, 1.54) is 18.4 Å². The van der Waals surface area contributed by atoms with Crippen LogP contribution in [0.5, 0.6) is 0 Å². The van der Waals surface area contributed by atoms with Gasteiger partial charge < -0.3 is 16.0 Å². The fourth-order valence-corrected chi connectivity index (χ4v) is 2.03. The predicted molar refractivity (Wildman–Crippen MR) is 69.5 cm³/mol. The van der Waals surface area contributed by atoms with Crippen LogP contribution in [0.2, 0.25) is 0 Å². The van der Waals surface area contributed by atoms with Crippen LogP contribution in [0.4, 0.5) is 0 Å². The number of nitrogens with two attached hydrogens (primary N) is 1. The molecule has 0 atom stereocenters. The van der Waals surface area contributed by atoms with E-state index in [-0.39, 0.29) is 12.4 Å². The van der Waals surface area contributed by atoms with Crippen molar-refractivity contribution >= 4 is 5.84 Å². The zero-order valence-electron chi connectivity index (χ0n) is 10.3. The Kier molecular flexibility index (Phi) is 4.17. The molecule has 1 aromatic carbocycles. The lowest BCUT2D eigenvalue weighted by molar-refractivity contribution is 0.183. The van der Waals surface area contributed by atoms with E-state index in [1.54, 1.807) is 0 Å². The number of oxime groups is 1. The SMILES string of the molecule is N/C(=N/O)c1ccc(CN(CCO)C2CC2)cc1. The lowest BCUT2D eigenvalue weighted by Gasteiger charge is -2.20. The van der Waals surface area contributed by atoms with Gasteiger partial charge in [-0.3, -0.25) is 4.90 Å². The Morgan fingerprint density at radius 1 is 1.33 bits per heavy atom. The molecule has 0 bridgehead atoms. The van der Waals surface area contributed by atoms with Gasteiger partial charge in [0.1, 0.15) is 0 Å². The van der Waals surface area contributed by atoms with Crippen LogP contribution in [-0.2, 0) is 6.54 Å². The van der Waals surface area contributed by atoms with Crippen LogP contribution in [0.1, 0.15) is 24.0 Å². The van der Waals surface area contributed by atoms with Crippen molar-refractivity contribution < 1.29 is 10.3 Å². The fraction of sp³-hybridized carbons (Fsp3) is 0.462. The summed E-state index contributed by atoms with van der Waals surface area (Å²) in [5, 5.41) is 20.6. The maximum Gasteiger partial charge on any atom is 0.170 e. The van der Waals surface area contributed by atoms with E-state index < -0.39 is 0 Å². The summed E-state index contributed by atoms with van der Waals surface area (Å²) in [6, 6.07) is 8.25. The predicted octanol–water partition coefficient (Wildman–Crippen LogP) is 0.738. The van der Waals surface area contributed by atoms with Gasteiger partial charge in [0, 0.05) is 24.7 Å². The van der Waals surface area contributed by atoms with Crippen LogP contribution in [0.3, 0.4) is 0 Å². The summed E-state index contributed by atoms with van der Waals surface area (Å²) >= 11 is 0. The van der Waals surface area contributed by atoms with Crippen molar-refractivity contribution in [2.24, 2.45) is 10.9 Å². The summed E-state index contributed by atoms with van der Waals surface area (Å²) in [7, 11) is 0. The van der Waals surface area contributed by atoms with Crippen LogP contribution in [0.25, 0.3) is 0 Å². The Balaban J connectivity index is 2.00. The van der Waals surface area contributed by atoms with E-state index >= 15 is 0 Å². The van der Waals surface area contributed by atoms with Gasteiger partial charge in [0.2, 0.25) is 0 Å². The van der Waals surface area contributed by atoms with Gasteiger partial charge in [-0.05, 0) is 18.4 Å². The second kappa shape index (κ2) is 5.84. The van der Waals surface area contributed by atoms with Gasteiger partial charge in [-0.15, -0.1) is 0 Å². The number of hydrogen-bond acceptors (Lipinski definition) is 4. The number of aliphatic hydroxyl groups excluding tert-OH is 1. The summed E-state index contributed by atoms with van der Waals surface area (Å²) in [5.41, 5.74) is 7.39. The minimum Gasteiger partial charge on any atom is -0.409 e. The molecule has 1 aromatic rings. The molecule has 2 rings (SSSR count). The van der Waals surface area contributed by atoms with E-state index in [4.69, 9.17) is 16.0 Å². The molecule has 0 radical (unpaired) electrons. The molecular formula is C13H19N3O2. The third-order valence-electron chi connectivity index (χ3n) is 3.19. The van der Waals surface area contributed by atoms with Gasteiger partial charge in [-0.25, -0.2) is 0 Å². The molecule has 98 valence electrons. The summed E-state index contributed by atoms with van der Waals surface area (Å²) in [4.78, 5) is 2.29. The topological polar surface area (TPSA) is 82.1 Å². The molecule has 4 N–H and O–H groups in total. The smallest absolute Gasteiger partial charge is 0.170 e. The second-order valence-electron chi connectivity index (χ2n) is 4.61. The Morgan fingerprint density at radius 2 is 2.00 bits per heavy atom. The number of hydrogen-bond donors (Lipinski definition) is 3. The molecule has 0 aromatic heterocycles. The van der Waals surface area contributed by atoms with E-state index in [2.05, 4.69) is 10.1 Å². The average Bonchev–Trinajstić information content (AvgIpc) is 3.22. The van der Waals surface area contributed by atoms with Crippen LogP contribution in [0.15, 0.2) is 29.4 Å². The lowest BCUT2D eigenvalue weighted by atomic mass is 10.1. The number of nitrogens with zero attached hydrogens (tertiary/aromatic N) is 2. The molecule has 0 spiro atoms. The molecule has 0 unspecified atom stereocenters. The van der Waals surface area contributed by atoms with Crippen molar-refractivity contribution in [3.05, 3.63) is 35.4 Å². The summed E-state index contributed by atoms with van der Waals surface area (Å²) < 4.78 is 0. The van der Waals surface area contributed by atoms with Crippen molar-refractivity contribution in [2.75, 3.05) is 13.2 Å². The standard InChI is InChI=1S/C13H19N3O2/c14-13(15-18)11-3-1-10(2-4-11)9-16(7-8-17)12-5-6-12/h1-4,12,17-18H,5-9H2,(H2,14,15). The molecule has 5 heteroatoms. The highest BCUT2D eigenvalue weighted by Crippen LogP contribution is 2.27. The first-order valence-electron chi connectivity index (χ1n) is 6.16. The van der Waals surface area contributed by atoms with Crippen molar-refractivity contribution in [3.8, 4) is 0 Å². The monoisotopic (exact) mass is 249 g/mol. The maximum atomic E-state index is 9.04. The van der Waals surface area contributed by atoms with Gasteiger partial charge in [-0.2, -0.15) is 0 Å². The first-order chi connectivity index (χ1) is 8.74. The average molecular weight is 249 g/mol. The van der Waals surface area contributed by atoms with Crippen LogP contribution >= 0.6 is 0 Å². The Hall–Kier alpha value is -1.59. The van der Waals surface area contributed by atoms with Crippen molar-refractivity contribution in [3.63, 3.8) is 0 Å². The molecule has 0 aliphatic heterocycles. The highest BCUT2D eigenvalue weighted by molar-refractivity contribution is 5.96. The molecule has 0 amide bonds. The molecule has 1 fully saturated rings. The Morgan fingerprint density at radius 3 is 2.50 bits per heavy atom. The van der Waals surface area contributed by atoms with Crippen LogP contribution in [-0.4, -0.2) is 40.2 Å². The minimum absolute atomic E-state index is 0.121. The number of benzene rings is 1. The molecule has 1 aliphatic rings. The molecule has 0 saturated heterocycles. The molecule has 0 heterocycles. The number of aliphatic hydroxyl groups is 1. The maximum absolute atomic E-state index is 9.04. The quantitative estimate of drug-likeness (QED) is 0.300. The second-order valence-corrected chi connectivity index (χ2v) is 4.61. The first-order valence-corrected chi connectivity index (χ1v) is 6.16. The molecular weight excluding hydrogens is 230 g/mol. The normalized spacial score (nSPS) is 16.2. The Bertz CT molecular complexity index is 413. The van der Waals surface area contributed by atoms with E-state index in [1.807, 2.05) is 24.3 Å².